The molecule has 0 saturated carbocycles. The Balaban J connectivity index is 1.90. The van der Waals surface area contributed by atoms with Gasteiger partial charge in [0.15, 0.2) is 0 Å². The van der Waals surface area contributed by atoms with E-state index in [-0.39, 0.29) is 10.6 Å². The predicted molar refractivity (Wildman–Crippen MR) is 86.4 cm³/mol. The highest BCUT2D eigenvalue weighted by Gasteiger charge is 2.02. The smallest absolute Gasteiger partial charge is 0.258 e. The van der Waals surface area contributed by atoms with Crippen LogP contribution in [0.2, 0.25) is 0 Å². The minimum absolute atomic E-state index is 0.127. The van der Waals surface area contributed by atoms with E-state index in [4.69, 9.17) is 0 Å². The van der Waals surface area contributed by atoms with Crippen LogP contribution in [0.5, 0.6) is 0 Å². The zero-order valence-electron chi connectivity index (χ0n) is 12.4. The van der Waals surface area contributed by atoms with Crippen molar-refractivity contribution in [2.24, 2.45) is 0 Å². The van der Waals surface area contributed by atoms with Crippen molar-refractivity contribution in [1.29, 1.82) is 0 Å². The van der Waals surface area contributed by atoms with E-state index in [1.54, 1.807) is 12.1 Å². The first-order valence-corrected chi connectivity index (χ1v) is 7.03. The summed E-state index contributed by atoms with van der Waals surface area (Å²) >= 11 is 0. The molecule has 3 heteroatoms. The van der Waals surface area contributed by atoms with Gasteiger partial charge in [-0.1, -0.05) is 30.4 Å². The van der Waals surface area contributed by atoms with Crippen molar-refractivity contribution >= 4 is 11.8 Å². The maximum Gasteiger partial charge on any atom is 0.269 e. The molecule has 0 bridgehead atoms. The number of benzene rings is 2. The van der Waals surface area contributed by atoms with Crippen molar-refractivity contribution in [1.82, 2.24) is 0 Å². The number of non-ortho nitro benzene ring substituents is 1. The molecule has 0 fully saturated rings. The Morgan fingerprint density at radius 3 is 2.38 bits per heavy atom. The van der Waals surface area contributed by atoms with Crippen LogP contribution in [0.15, 0.2) is 48.5 Å². The van der Waals surface area contributed by atoms with Gasteiger partial charge >= 0.3 is 0 Å². The van der Waals surface area contributed by atoms with Gasteiger partial charge in [-0.25, -0.2) is 0 Å². The van der Waals surface area contributed by atoms with Crippen LogP contribution in [-0.4, -0.2) is 4.92 Å². The summed E-state index contributed by atoms with van der Waals surface area (Å²) in [7, 11) is 0. The van der Waals surface area contributed by atoms with E-state index < -0.39 is 0 Å². The van der Waals surface area contributed by atoms with Crippen LogP contribution in [0, 0.1) is 24.0 Å². The van der Waals surface area contributed by atoms with Crippen LogP contribution in [-0.2, 0) is 6.42 Å². The van der Waals surface area contributed by atoms with Gasteiger partial charge < -0.3 is 0 Å². The number of hydrogen-bond acceptors (Lipinski definition) is 2. The van der Waals surface area contributed by atoms with Gasteiger partial charge in [0.25, 0.3) is 5.69 Å². The average Bonchev–Trinajstić information content (AvgIpc) is 2.47. The first-order chi connectivity index (χ1) is 10.1. The molecule has 0 saturated heterocycles. The molecule has 2 rings (SSSR count). The molecule has 2 aromatic rings. The molecule has 0 aliphatic rings. The fourth-order valence-corrected chi connectivity index (χ4v) is 2.14. The summed E-state index contributed by atoms with van der Waals surface area (Å²) < 4.78 is 0. The molecule has 21 heavy (non-hydrogen) atoms. The van der Waals surface area contributed by atoms with E-state index >= 15 is 0 Å². The minimum atomic E-state index is -0.382. The first-order valence-electron chi connectivity index (χ1n) is 7.03. The largest absolute Gasteiger partial charge is 0.269 e. The summed E-state index contributed by atoms with van der Waals surface area (Å²) in [5.41, 5.74) is 5.10. The average molecular weight is 281 g/mol. The molecular weight excluding hydrogens is 262 g/mol. The topological polar surface area (TPSA) is 43.1 Å². The molecule has 0 aromatic heterocycles. The Morgan fingerprint density at radius 1 is 1.05 bits per heavy atom. The lowest BCUT2D eigenvalue weighted by Crippen LogP contribution is -1.87. The van der Waals surface area contributed by atoms with Crippen LogP contribution in [0.1, 0.15) is 28.7 Å². The second kappa shape index (κ2) is 6.84. The monoisotopic (exact) mass is 281 g/mol. The van der Waals surface area contributed by atoms with E-state index in [9.17, 15) is 10.1 Å². The number of hydrogen-bond donors (Lipinski definition) is 0. The molecular formula is C18H19NO2. The van der Waals surface area contributed by atoms with Crippen molar-refractivity contribution in [2.75, 3.05) is 0 Å². The molecule has 0 atom stereocenters. The number of nitro benzene ring substituents is 1. The third-order valence-electron chi connectivity index (χ3n) is 3.59. The second-order valence-electron chi connectivity index (χ2n) is 5.21. The van der Waals surface area contributed by atoms with Gasteiger partial charge in [-0.3, -0.25) is 10.1 Å². The summed E-state index contributed by atoms with van der Waals surface area (Å²) in [6, 6.07) is 13.2. The Kier molecular flexibility index (Phi) is 4.88. The second-order valence-corrected chi connectivity index (χ2v) is 5.21. The molecule has 0 aliphatic carbocycles. The van der Waals surface area contributed by atoms with Crippen LogP contribution >= 0.6 is 0 Å². The normalized spacial score (nSPS) is 11.0. The SMILES string of the molecule is Cc1ccc(CC/C=C/c2ccc([N+](=O)[O-])cc2)cc1C. The van der Waals surface area contributed by atoms with Crippen LogP contribution in [0.4, 0.5) is 5.69 Å². The van der Waals surface area contributed by atoms with Crippen LogP contribution in [0.3, 0.4) is 0 Å². The number of aryl methyl sites for hydroxylation is 3. The number of allylic oxidation sites excluding steroid dienone is 1. The predicted octanol–water partition coefficient (Wildman–Crippen LogP) is 4.86. The van der Waals surface area contributed by atoms with Gasteiger partial charge in [0.1, 0.15) is 0 Å². The Morgan fingerprint density at radius 2 is 1.76 bits per heavy atom. The summed E-state index contributed by atoms with van der Waals surface area (Å²) in [6.45, 7) is 4.25. The van der Waals surface area contributed by atoms with Gasteiger partial charge in [0, 0.05) is 12.1 Å². The molecule has 3 nitrogen and oxygen atoms in total. The highest BCUT2D eigenvalue weighted by molar-refractivity contribution is 5.51. The fourth-order valence-electron chi connectivity index (χ4n) is 2.14. The number of rotatable bonds is 5. The van der Waals surface area contributed by atoms with E-state index in [2.05, 4.69) is 38.1 Å². The molecule has 0 unspecified atom stereocenters. The molecule has 0 amide bonds. The maximum atomic E-state index is 10.6. The number of nitrogens with zero attached hydrogens (tertiary/aromatic N) is 1. The summed E-state index contributed by atoms with van der Waals surface area (Å²) in [4.78, 5) is 10.2. The Labute approximate surface area is 125 Å². The van der Waals surface area contributed by atoms with Crippen molar-refractivity contribution in [3.8, 4) is 0 Å². The van der Waals surface area contributed by atoms with Crippen molar-refractivity contribution in [2.45, 2.75) is 26.7 Å². The molecule has 0 aliphatic heterocycles. The Hall–Kier alpha value is -2.42. The molecule has 0 radical (unpaired) electrons. The molecule has 0 N–H and O–H groups in total. The summed E-state index contributed by atoms with van der Waals surface area (Å²) in [5.74, 6) is 0. The molecule has 0 spiro atoms. The molecule has 0 heterocycles. The van der Waals surface area contributed by atoms with Gasteiger partial charge in [-0.15, -0.1) is 0 Å². The summed E-state index contributed by atoms with van der Waals surface area (Å²) in [6.07, 6.45) is 6.07. The summed E-state index contributed by atoms with van der Waals surface area (Å²) in [5, 5.41) is 10.6. The lowest BCUT2D eigenvalue weighted by molar-refractivity contribution is -0.384. The molecule has 108 valence electrons. The third-order valence-corrected chi connectivity index (χ3v) is 3.59. The van der Waals surface area contributed by atoms with E-state index in [1.165, 1.54) is 28.8 Å². The quantitative estimate of drug-likeness (QED) is 0.580. The lowest BCUT2D eigenvalue weighted by atomic mass is 10.0. The standard InChI is InChI=1S/C18H19NO2/c1-14-7-8-17(13-15(14)2)6-4-3-5-16-9-11-18(12-10-16)19(20)21/h3,5,7-13H,4,6H2,1-2H3/b5-3+. The van der Waals surface area contributed by atoms with Gasteiger partial charge in [0.2, 0.25) is 0 Å². The Bertz CT molecular complexity index is 657. The first kappa shape index (κ1) is 15.0. The lowest BCUT2D eigenvalue weighted by Gasteiger charge is -2.03. The zero-order valence-corrected chi connectivity index (χ0v) is 12.4. The van der Waals surface area contributed by atoms with Crippen LogP contribution in [0.25, 0.3) is 6.08 Å². The minimum Gasteiger partial charge on any atom is -0.258 e. The van der Waals surface area contributed by atoms with Gasteiger partial charge in [-0.05, 0) is 61.1 Å². The zero-order chi connectivity index (χ0) is 15.2. The van der Waals surface area contributed by atoms with E-state index in [0.29, 0.717) is 0 Å². The van der Waals surface area contributed by atoms with E-state index in [0.717, 1.165) is 18.4 Å². The molecule has 2 aromatic carbocycles. The number of nitro groups is 1. The highest BCUT2D eigenvalue weighted by Crippen LogP contribution is 2.14. The van der Waals surface area contributed by atoms with E-state index in [1.807, 2.05) is 6.08 Å². The van der Waals surface area contributed by atoms with Crippen molar-refractivity contribution < 1.29 is 4.92 Å². The third kappa shape index (κ3) is 4.28. The van der Waals surface area contributed by atoms with Gasteiger partial charge in [-0.2, -0.15) is 0 Å². The maximum absolute atomic E-state index is 10.6. The van der Waals surface area contributed by atoms with Crippen molar-refractivity contribution in [3.63, 3.8) is 0 Å². The van der Waals surface area contributed by atoms with Gasteiger partial charge in [0.05, 0.1) is 4.92 Å². The fraction of sp³-hybridized carbons (Fsp3) is 0.222. The van der Waals surface area contributed by atoms with Crippen LogP contribution < -0.4 is 0 Å². The van der Waals surface area contributed by atoms with Crippen molar-refractivity contribution in [3.05, 3.63) is 80.9 Å². The highest BCUT2D eigenvalue weighted by atomic mass is 16.6.